The van der Waals surface area contributed by atoms with Crippen molar-refractivity contribution in [3.8, 4) is 5.88 Å². The zero-order chi connectivity index (χ0) is 23.8. The molecule has 0 radical (unpaired) electrons. The van der Waals surface area contributed by atoms with Gasteiger partial charge in [-0.3, -0.25) is 0 Å². The Morgan fingerprint density at radius 3 is 2.70 bits per heavy atom. The van der Waals surface area contributed by atoms with Crippen LogP contribution in [-0.2, 0) is 11.6 Å². The van der Waals surface area contributed by atoms with Gasteiger partial charge in [-0.25, -0.2) is 19.2 Å². The van der Waals surface area contributed by atoms with E-state index in [1.807, 2.05) is 0 Å². The molecule has 12 heteroatoms. The molecule has 33 heavy (non-hydrogen) atoms. The number of methoxy groups -OCH3 is 1. The minimum absolute atomic E-state index is 0.144. The first-order valence-electron chi connectivity index (χ1n) is 9.85. The summed E-state index contributed by atoms with van der Waals surface area (Å²) in [4.78, 5) is 22.4. The lowest BCUT2D eigenvalue weighted by Crippen LogP contribution is -2.37. The molecule has 1 saturated heterocycles. The molecule has 0 spiro atoms. The van der Waals surface area contributed by atoms with E-state index in [-0.39, 0.29) is 30.5 Å². The Bertz CT molecular complexity index is 1170. The third-order valence-corrected chi connectivity index (χ3v) is 6.53. The van der Waals surface area contributed by atoms with Gasteiger partial charge in [-0.1, -0.05) is 12.1 Å². The maximum absolute atomic E-state index is 14.4. The number of hydrogen-bond acceptors (Lipinski definition) is 6. The molecule has 174 valence electrons. The Morgan fingerprint density at radius 1 is 1.27 bits per heavy atom. The largest absolute Gasteiger partial charge is 0.480 e. The molecule has 1 unspecified atom stereocenters. The number of nitrogens with one attached hydrogen (secondary N) is 1. The van der Waals surface area contributed by atoms with Crippen LogP contribution in [0.25, 0.3) is 0 Å². The van der Waals surface area contributed by atoms with Crippen LogP contribution >= 0.6 is 11.5 Å². The zero-order valence-electron chi connectivity index (χ0n) is 17.6. The maximum atomic E-state index is 14.4. The van der Waals surface area contributed by atoms with Crippen LogP contribution in [0.4, 0.5) is 28.0 Å². The van der Waals surface area contributed by atoms with Gasteiger partial charge < -0.3 is 15.0 Å². The number of nitrogens with zero attached hydrogens (tertiary/aromatic N) is 4. The second-order valence-electron chi connectivity index (χ2n) is 7.67. The summed E-state index contributed by atoms with van der Waals surface area (Å²) in [5.41, 5.74) is -0.868. The normalized spacial score (nSPS) is 18.4. The van der Waals surface area contributed by atoms with Gasteiger partial charge in [-0.2, -0.15) is 17.5 Å². The minimum Gasteiger partial charge on any atom is -0.480 e. The Kier molecular flexibility index (Phi) is 5.95. The van der Waals surface area contributed by atoms with Crippen molar-refractivity contribution in [1.29, 1.82) is 0 Å². The number of urea groups is 1. The van der Waals surface area contributed by atoms with E-state index in [9.17, 15) is 22.4 Å². The van der Waals surface area contributed by atoms with Gasteiger partial charge in [-0.05, 0) is 48.1 Å². The van der Waals surface area contributed by atoms with Gasteiger partial charge in [0.1, 0.15) is 22.8 Å². The first-order valence-corrected chi connectivity index (χ1v) is 10.6. The number of anilines is 1. The van der Waals surface area contributed by atoms with Crippen molar-refractivity contribution in [2.45, 2.75) is 24.9 Å². The summed E-state index contributed by atoms with van der Waals surface area (Å²) >= 11 is 1.16. The van der Waals surface area contributed by atoms with Crippen molar-refractivity contribution in [1.82, 2.24) is 19.2 Å². The van der Waals surface area contributed by atoms with Crippen LogP contribution in [0.15, 0.2) is 36.8 Å². The second kappa shape index (κ2) is 8.58. The van der Waals surface area contributed by atoms with Crippen LogP contribution in [-0.4, -0.2) is 45.5 Å². The highest BCUT2D eigenvalue weighted by Crippen LogP contribution is 2.42. The molecule has 4 rings (SSSR count). The van der Waals surface area contributed by atoms with E-state index in [1.54, 1.807) is 19.1 Å². The Labute approximate surface area is 190 Å². The third kappa shape index (κ3) is 4.34. The number of carbonyl (C=O) groups is 1. The van der Waals surface area contributed by atoms with Crippen molar-refractivity contribution < 1.29 is 27.1 Å². The molecule has 1 atom stereocenters. The molecule has 7 nitrogen and oxygen atoms in total. The van der Waals surface area contributed by atoms with E-state index in [0.717, 1.165) is 17.6 Å². The van der Waals surface area contributed by atoms with Crippen LogP contribution in [0.5, 0.6) is 5.88 Å². The van der Waals surface area contributed by atoms with Crippen molar-refractivity contribution >= 4 is 23.3 Å². The topological polar surface area (TPSA) is 80.2 Å². The molecule has 2 aromatic heterocycles. The number of alkyl halides is 3. The summed E-state index contributed by atoms with van der Waals surface area (Å²) in [6.07, 6.45) is -2.16. The summed E-state index contributed by atoms with van der Waals surface area (Å²) in [6.45, 7) is 2.07. The lowest BCUT2D eigenvalue weighted by molar-refractivity contribution is -0.137. The number of benzene rings is 1. The fraction of sp³-hybridized carbons (Fsp3) is 0.333. The number of aryl methyl sites for hydroxylation is 1. The molecule has 3 aromatic rings. The van der Waals surface area contributed by atoms with E-state index in [4.69, 9.17) is 4.74 Å². The van der Waals surface area contributed by atoms with Gasteiger partial charge in [0.15, 0.2) is 0 Å². The van der Waals surface area contributed by atoms with Crippen molar-refractivity contribution in [3.63, 3.8) is 0 Å². The van der Waals surface area contributed by atoms with E-state index < -0.39 is 23.2 Å². The molecular formula is C21H19F4N5O2S. The van der Waals surface area contributed by atoms with Crippen molar-refractivity contribution in [2.75, 3.05) is 25.5 Å². The summed E-state index contributed by atoms with van der Waals surface area (Å²) in [6, 6.07) is 5.02. The summed E-state index contributed by atoms with van der Waals surface area (Å²) in [7, 11) is 1.24. The predicted octanol–water partition coefficient (Wildman–Crippen LogP) is 4.63. The molecule has 1 fully saturated rings. The number of amides is 2. The standard InChI is InChI=1S/C21H19F4N5O2S/c1-12-3-4-13(7-15(12)22)20(18-27-11-28-33-18)5-6-30(10-20)19(31)29-16-8-14(21(23,24)25)9-26-17(16)32-2/h3-4,7-9,11H,5-6,10H2,1-2H3,(H,29,31). The molecule has 1 N–H and O–H groups in total. The SMILES string of the molecule is COc1ncc(C(F)(F)F)cc1NC(=O)N1CCC(c2ccc(C)c(F)c2)(c2ncns2)C1. The number of ether oxygens (including phenoxy) is 1. The highest BCUT2D eigenvalue weighted by Gasteiger charge is 2.45. The summed E-state index contributed by atoms with van der Waals surface area (Å²) in [5.74, 6) is -0.523. The molecule has 2 amide bonds. The number of rotatable bonds is 4. The van der Waals surface area contributed by atoms with Gasteiger partial charge in [0.05, 0.1) is 18.1 Å². The van der Waals surface area contributed by atoms with Gasteiger partial charge >= 0.3 is 12.2 Å². The maximum Gasteiger partial charge on any atom is 0.417 e. The van der Waals surface area contributed by atoms with Crippen LogP contribution in [0.1, 0.15) is 28.1 Å². The average molecular weight is 481 g/mol. The Balaban J connectivity index is 1.63. The lowest BCUT2D eigenvalue weighted by atomic mass is 9.80. The number of aromatic nitrogens is 3. The van der Waals surface area contributed by atoms with Crippen molar-refractivity contribution in [3.05, 3.63) is 64.3 Å². The third-order valence-electron chi connectivity index (χ3n) is 5.67. The smallest absolute Gasteiger partial charge is 0.417 e. The Hall–Kier alpha value is -3.28. The van der Waals surface area contributed by atoms with Gasteiger partial charge in [0, 0.05) is 19.3 Å². The number of carbonyl (C=O) groups excluding carboxylic acids is 1. The number of pyridine rings is 1. The molecule has 1 aromatic carbocycles. The van der Waals surface area contributed by atoms with Gasteiger partial charge in [0.2, 0.25) is 5.88 Å². The van der Waals surface area contributed by atoms with E-state index in [0.29, 0.717) is 28.8 Å². The Morgan fingerprint density at radius 2 is 2.06 bits per heavy atom. The molecule has 0 aliphatic carbocycles. The number of hydrogen-bond donors (Lipinski definition) is 1. The number of likely N-dealkylation sites (tertiary alicyclic amines) is 1. The first-order chi connectivity index (χ1) is 15.6. The van der Waals surface area contributed by atoms with Crippen LogP contribution < -0.4 is 10.1 Å². The molecule has 0 saturated carbocycles. The van der Waals surface area contributed by atoms with E-state index in [2.05, 4.69) is 19.7 Å². The van der Waals surface area contributed by atoms with Crippen molar-refractivity contribution in [2.24, 2.45) is 0 Å². The summed E-state index contributed by atoms with van der Waals surface area (Å²) in [5, 5.41) is 3.09. The quantitative estimate of drug-likeness (QED) is 0.550. The van der Waals surface area contributed by atoms with E-state index in [1.165, 1.54) is 24.4 Å². The monoisotopic (exact) mass is 481 g/mol. The van der Waals surface area contributed by atoms with Crippen LogP contribution in [0.3, 0.4) is 0 Å². The predicted molar refractivity (Wildman–Crippen MR) is 113 cm³/mol. The minimum atomic E-state index is -4.63. The fourth-order valence-corrected chi connectivity index (χ4v) is 4.59. The van der Waals surface area contributed by atoms with E-state index >= 15 is 0 Å². The molecule has 1 aliphatic heterocycles. The molecular weight excluding hydrogens is 462 g/mol. The van der Waals surface area contributed by atoms with Gasteiger partial charge in [-0.15, -0.1) is 0 Å². The summed E-state index contributed by atoms with van der Waals surface area (Å²) < 4.78 is 62.7. The van der Waals surface area contributed by atoms with Gasteiger partial charge in [0.25, 0.3) is 0 Å². The molecule has 0 bridgehead atoms. The highest BCUT2D eigenvalue weighted by molar-refractivity contribution is 7.05. The number of halogens is 4. The zero-order valence-corrected chi connectivity index (χ0v) is 18.4. The van der Waals surface area contributed by atoms with Crippen LogP contribution in [0.2, 0.25) is 0 Å². The average Bonchev–Trinajstić information content (AvgIpc) is 3.46. The highest BCUT2D eigenvalue weighted by atomic mass is 32.1. The first kappa shape index (κ1) is 22.9. The molecule has 3 heterocycles. The fourth-order valence-electron chi connectivity index (χ4n) is 3.85. The lowest BCUT2D eigenvalue weighted by Gasteiger charge is -2.28. The second-order valence-corrected chi connectivity index (χ2v) is 8.45. The van der Waals surface area contributed by atoms with Crippen LogP contribution in [0, 0.1) is 12.7 Å². The molecule has 1 aliphatic rings.